The monoisotopic (exact) mass is 228 g/mol. The van der Waals surface area contributed by atoms with Crippen LogP contribution in [0.3, 0.4) is 0 Å². The molecule has 0 N–H and O–H groups in total. The molecule has 92 valence electrons. The summed E-state index contributed by atoms with van der Waals surface area (Å²) in [6.07, 6.45) is 5.82. The molecule has 1 unspecified atom stereocenters. The van der Waals surface area contributed by atoms with E-state index in [0.29, 0.717) is 12.9 Å². The van der Waals surface area contributed by atoms with Crippen molar-refractivity contribution in [3.63, 3.8) is 0 Å². The minimum Gasteiger partial charge on any atom is -0.460 e. The molecular formula is C12H20O4. The molecule has 1 atom stereocenters. The first kappa shape index (κ1) is 13.0. The van der Waals surface area contributed by atoms with Gasteiger partial charge in [-0.25, -0.2) is 4.79 Å². The second-order valence-electron chi connectivity index (χ2n) is 4.21. The van der Waals surface area contributed by atoms with Gasteiger partial charge in [-0.3, -0.25) is 4.79 Å². The standard InChI is InChI=1S/C12H20O4/c1-2-3-8-11(15-9-13)12(14)16-10-6-4-5-7-10/h9-11H,2-8H2,1H3. The lowest BCUT2D eigenvalue weighted by atomic mass is 10.1. The van der Waals surface area contributed by atoms with Crippen LogP contribution < -0.4 is 0 Å². The van der Waals surface area contributed by atoms with Crippen molar-refractivity contribution in [3.8, 4) is 0 Å². The third kappa shape index (κ3) is 4.21. The van der Waals surface area contributed by atoms with E-state index >= 15 is 0 Å². The molecular weight excluding hydrogens is 208 g/mol. The number of unbranched alkanes of at least 4 members (excludes halogenated alkanes) is 1. The summed E-state index contributed by atoms with van der Waals surface area (Å²) in [4.78, 5) is 22.0. The van der Waals surface area contributed by atoms with Gasteiger partial charge < -0.3 is 9.47 Å². The smallest absolute Gasteiger partial charge is 0.347 e. The Morgan fingerprint density at radius 3 is 2.69 bits per heavy atom. The van der Waals surface area contributed by atoms with Crippen molar-refractivity contribution in [1.29, 1.82) is 0 Å². The Morgan fingerprint density at radius 2 is 2.12 bits per heavy atom. The number of carbonyl (C=O) groups is 2. The maximum absolute atomic E-state index is 11.7. The molecule has 0 aromatic heterocycles. The number of ether oxygens (including phenoxy) is 2. The first-order valence-electron chi connectivity index (χ1n) is 6.07. The molecule has 16 heavy (non-hydrogen) atoms. The van der Waals surface area contributed by atoms with Crippen molar-refractivity contribution in [3.05, 3.63) is 0 Å². The highest BCUT2D eigenvalue weighted by Crippen LogP contribution is 2.22. The lowest BCUT2D eigenvalue weighted by molar-refractivity contribution is -0.166. The molecule has 1 aliphatic carbocycles. The zero-order chi connectivity index (χ0) is 11.8. The van der Waals surface area contributed by atoms with Gasteiger partial charge in [0.1, 0.15) is 6.10 Å². The fourth-order valence-electron chi connectivity index (χ4n) is 1.94. The predicted molar refractivity (Wildman–Crippen MR) is 58.8 cm³/mol. The highest BCUT2D eigenvalue weighted by atomic mass is 16.6. The van der Waals surface area contributed by atoms with Crippen molar-refractivity contribution in [2.24, 2.45) is 0 Å². The van der Waals surface area contributed by atoms with E-state index in [4.69, 9.17) is 9.47 Å². The molecule has 0 bridgehead atoms. The van der Waals surface area contributed by atoms with Crippen LogP contribution in [0.2, 0.25) is 0 Å². The van der Waals surface area contributed by atoms with Crippen LogP contribution in [0.4, 0.5) is 0 Å². The zero-order valence-corrected chi connectivity index (χ0v) is 9.81. The van der Waals surface area contributed by atoms with E-state index in [9.17, 15) is 9.59 Å². The van der Waals surface area contributed by atoms with Crippen LogP contribution in [0.1, 0.15) is 51.9 Å². The number of hydrogen-bond donors (Lipinski definition) is 0. The third-order valence-electron chi connectivity index (χ3n) is 2.89. The molecule has 1 fully saturated rings. The minimum absolute atomic E-state index is 0.0341. The lowest BCUT2D eigenvalue weighted by Crippen LogP contribution is -2.29. The van der Waals surface area contributed by atoms with Crippen LogP contribution in [-0.4, -0.2) is 24.6 Å². The minimum atomic E-state index is -0.710. The first-order valence-corrected chi connectivity index (χ1v) is 6.07. The molecule has 1 rings (SSSR count). The van der Waals surface area contributed by atoms with Crippen LogP contribution in [0.5, 0.6) is 0 Å². The first-order chi connectivity index (χ1) is 7.77. The normalized spacial score (nSPS) is 18.1. The molecule has 0 aliphatic heterocycles. The van der Waals surface area contributed by atoms with E-state index < -0.39 is 6.10 Å². The van der Waals surface area contributed by atoms with Crippen molar-refractivity contribution < 1.29 is 19.1 Å². The second kappa shape index (κ2) is 7.25. The predicted octanol–water partition coefficient (Wildman–Crippen LogP) is 2.20. The average molecular weight is 228 g/mol. The van der Waals surface area contributed by atoms with E-state index in [-0.39, 0.29) is 12.1 Å². The Bertz CT molecular complexity index is 221. The summed E-state index contributed by atoms with van der Waals surface area (Å²) in [5, 5.41) is 0. The molecule has 1 saturated carbocycles. The highest BCUT2D eigenvalue weighted by molar-refractivity contribution is 5.76. The van der Waals surface area contributed by atoms with Gasteiger partial charge in [-0.15, -0.1) is 0 Å². The molecule has 0 saturated heterocycles. The fraction of sp³-hybridized carbons (Fsp3) is 0.833. The van der Waals surface area contributed by atoms with Crippen molar-refractivity contribution in [2.45, 2.75) is 64.1 Å². The molecule has 0 spiro atoms. The topological polar surface area (TPSA) is 52.6 Å². The highest BCUT2D eigenvalue weighted by Gasteiger charge is 2.26. The van der Waals surface area contributed by atoms with E-state index in [0.717, 1.165) is 38.5 Å². The Kier molecular flexibility index (Phi) is 5.90. The van der Waals surface area contributed by atoms with Crippen LogP contribution in [-0.2, 0) is 19.1 Å². The molecule has 0 aromatic rings. The van der Waals surface area contributed by atoms with Crippen LogP contribution in [0.25, 0.3) is 0 Å². The number of hydrogen-bond acceptors (Lipinski definition) is 4. The van der Waals surface area contributed by atoms with Gasteiger partial charge in [0.15, 0.2) is 6.10 Å². The summed E-state index contributed by atoms with van der Waals surface area (Å²) in [5.41, 5.74) is 0. The number of carbonyl (C=O) groups excluding carboxylic acids is 2. The van der Waals surface area contributed by atoms with Gasteiger partial charge in [-0.2, -0.15) is 0 Å². The Balaban J connectivity index is 2.35. The Hall–Kier alpha value is -1.06. The van der Waals surface area contributed by atoms with Gasteiger partial charge in [0.05, 0.1) is 0 Å². The number of rotatable bonds is 7. The largest absolute Gasteiger partial charge is 0.460 e. The molecule has 0 amide bonds. The van der Waals surface area contributed by atoms with E-state index in [1.807, 2.05) is 6.92 Å². The van der Waals surface area contributed by atoms with Gasteiger partial charge in [-0.05, 0) is 38.5 Å². The Labute approximate surface area is 96.3 Å². The maximum atomic E-state index is 11.7. The summed E-state index contributed by atoms with van der Waals surface area (Å²) >= 11 is 0. The molecule has 4 heteroatoms. The van der Waals surface area contributed by atoms with Crippen LogP contribution in [0.15, 0.2) is 0 Å². The summed E-state index contributed by atoms with van der Waals surface area (Å²) in [6.45, 7) is 2.36. The van der Waals surface area contributed by atoms with Crippen molar-refractivity contribution in [2.75, 3.05) is 0 Å². The summed E-state index contributed by atoms with van der Waals surface area (Å²) < 4.78 is 10.1. The average Bonchev–Trinajstić information content (AvgIpc) is 2.76. The van der Waals surface area contributed by atoms with Gasteiger partial charge in [0.25, 0.3) is 6.47 Å². The van der Waals surface area contributed by atoms with Gasteiger partial charge in [0, 0.05) is 0 Å². The SMILES string of the molecule is CCCCC(OC=O)C(=O)OC1CCCC1. The van der Waals surface area contributed by atoms with Gasteiger partial charge in [-0.1, -0.05) is 13.3 Å². The lowest BCUT2D eigenvalue weighted by Gasteiger charge is -2.17. The van der Waals surface area contributed by atoms with Crippen LogP contribution >= 0.6 is 0 Å². The van der Waals surface area contributed by atoms with Crippen molar-refractivity contribution in [1.82, 2.24) is 0 Å². The van der Waals surface area contributed by atoms with Crippen molar-refractivity contribution >= 4 is 12.4 Å². The molecule has 0 heterocycles. The molecule has 4 nitrogen and oxygen atoms in total. The fourth-order valence-corrected chi connectivity index (χ4v) is 1.94. The van der Waals surface area contributed by atoms with E-state index in [1.165, 1.54) is 0 Å². The van der Waals surface area contributed by atoms with E-state index in [1.54, 1.807) is 0 Å². The molecule has 1 aliphatic rings. The maximum Gasteiger partial charge on any atom is 0.347 e. The summed E-state index contributed by atoms with van der Waals surface area (Å²) in [5.74, 6) is -0.382. The second-order valence-corrected chi connectivity index (χ2v) is 4.21. The molecule has 0 radical (unpaired) electrons. The van der Waals surface area contributed by atoms with Gasteiger partial charge in [0.2, 0.25) is 0 Å². The van der Waals surface area contributed by atoms with Gasteiger partial charge >= 0.3 is 5.97 Å². The quantitative estimate of drug-likeness (QED) is 0.495. The Morgan fingerprint density at radius 1 is 1.44 bits per heavy atom. The number of esters is 1. The zero-order valence-electron chi connectivity index (χ0n) is 9.81. The van der Waals surface area contributed by atoms with E-state index in [2.05, 4.69) is 0 Å². The third-order valence-corrected chi connectivity index (χ3v) is 2.89. The van der Waals surface area contributed by atoms with Crippen LogP contribution in [0, 0.1) is 0 Å². The summed E-state index contributed by atoms with van der Waals surface area (Å²) in [6, 6.07) is 0. The molecule has 0 aromatic carbocycles. The summed E-state index contributed by atoms with van der Waals surface area (Å²) in [7, 11) is 0.